The van der Waals surface area contributed by atoms with Crippen molar-refractivity contribution >= 4 is 21.4 Å². The van der Waals surface area contributed by atoms with Gasteiger partial charge in [-0.15, -0.1) is 0 Å². The van der Waals surface area contributed by atoms with Gasteiger partial charge in [-0.3, -0.25) is 9.69 Å². The van der Waals surface area contributed by atoms with Crippen LogP contribution in [0.25, 0.3) is 22.4 Å². The fraction of sp³-hybridized carbons (Fsp3) is 0.290. The Hall–Kier alpha value is -3.79. The van der Waals surface area contributed by atoms with E-state index in [1.165, 1.54) is 6.42 Å². The van der Waals surface area contributed by atoms with Gasteiger partial charge in [0.15, 0.2) is 9.84 Å². The Morgan fingerprint density at radius 3 is 2.20 bits per heavy atom. The van der Waals surface area contributed by atoms with Crippen molar-refractivity contribution in [2.45, 2.75) is 25.4 Å². The third-order valence-electron chi connectivity index (χ3n) is 7.72. The summed E-state index contributed by atoms with van der Waals surface area (Å²) < 4.78 is 23.3. The maximum Gasteiger partial charge on any atom is 0.255 e. The van der Waals surface area contributed by atoms with Crippen LogP contribution in [0.2, 0.25) is 0 Å². The maximum atomic E-state index is 12.8. The van der Waals surface area contributed by atoms with Crippen LogP contribution in [0.15, 0.2) is 79.0 Å². The van der Waals surface area contributed by atoms with Gasteiger partial charge in [-0.25, -0.2) is 13.4 Å². The van der Waals surface area contributed by atoms with E-state index in [0.717, 1.165) is 52.4 Å². The monoisotopic (exact) mass is 555 g/mol. The number of anilines is 1. The van der Waals surface area contributed by atoms with Crippen molar-refractivity contribution in [2.75, 3.05) is 36.5 Å². The molecule has 9 heteroatoms. The highest BCUT2D eigenvalue weighted by Gasteiger charge is 2.21. The zero-order chi connectivity index (χ0) is 27.5. The molecule has 0 radical (unpaired) electrons. The highest BCUT2D eigenvalue weighted by atomic mass is 32.2. The highest BCUT2D eigenvalue weighted by Crippen LogP contribution is 2.27. The van der Waals surface area contributed by atoms with E-state index in [9.17, 15) is 13.2 Å². The van der Waals surface area contributed by atoms with E-state index in [1.807, 2.05) is 54.7 Å². The second-order valence-corrected chi connectivity index (χ2v) is 12.9. The Kier molecular flexibility index (Phi) is 7.51. The van der Waals surface area contributed by atoms with E-state index in [4.69, 9.17) is 0 Å². The number of nitrogens with one attached hydrogen (secondary N) is 3. The summed E-state index contributed by atoms with van der Waals surface area (Å²) in [6, 6.07) is 24.0. The second-order valence-electron chi connectivity index (χ2n) is 10.6. The summed E-state index contributed by atoms with van der Waals surface area (Å²) in [5, 5.41) is 6.43. The van der Waals surface area contributed by atoms with E-state index >= 15 is 0 Å². The van der Waals surface area contributed by atoms with E-state index in [-0.39, 0.29) is 17.4 Å². The molecule has 3 heterocycles. The Balaban J connectivity index is 1.04. The third-order valence-corrected chi connectivity index (χ3v) is 9.33. The fourth-order valence-corrected chi connectivity index (χ4v) is 6.57. The lowest BCUT2D eigenvalue weighted by Gasteiger charge is -2.26. The van der Waals surface area contributed by atoms with E-state index in [1.54, 1.807) is 0 Å². The van der Waals surface area contributed by atoms with Crippen LogP contribution in [0.4, 0.5) is 5.69 Å². The van der Waals surface area contributed by atoms with Crippen LogP contribution in [0, 0.1) is 0 Å². The minimum absolute atomic E-state index is 0.164. The van der Waals surface area contributed by atoms with Crippen LogP contribution < -0.4 is 10.6 Å². The van der Waals surface area contributed by atoms with E-state index < -0.39 is 9.84 Å². The summed E-state index contributed by atoms with van der Waals surface area (Å²) in [7, 11) is -2.88. The lowest BCUT2D eigenvalue weighted by molar-refractivity contribution is 0.102. The zero-order valence-electron chi connectivity index (χ0n) is 22.3. The van der Waals surface area contributed by atoms with Crippen molar-refractivity contribution in [3.8, 4) is 22.4 Å². The molecule has 0 saturated carbocycles. The number of hydrogen-bond acceptors (Lipinski definition) is 6. The molecule has 3 aromatic carbocycles. The molecule has 3 N–H and O–H groups in total. The van der Waals surface area contributed by atoms with Crippen LogP contribution in [0.5, 0.6) is 0 Å². The molecule has 1 amide bonds. The molecule has 6 rings (SSSR count). The molecule has 2 aliphatic rings. The molecule has 4 aromatic rings. The number of aromatic nitrogens is 2. The molecular weight excluding hydrogens is 522 g/mol. The molecular formula is C31H33N5O3S. The van der Waals surface area contributed by atoms with Crippen molar-refractivity contribution in [1.82, 2.24) is 20.2 Å². The molecule has 8 nitrogen and oxygen atoms in total. The van der Waals surface area contributed by atoms with Gasteiger partial charge in [-0.05, 0) is 65.9 Å². The van der Waals surface area contributed by atoms with E-state index in [0.29, 0.717) is 31.2 Å². The number of imidazole rings is 1. The number of hydrogen-bond donors (Lipinski definition) is 3. The van der Waals surface area contributed by atoms with Gasteiger partial charge in [-0.2, -0.15) is 0 Å². The van der Waals surface area contributed by atoms with Gasteiger partial charge >= 0.3 is 0 Å². The Morgan fingerprint density at radius 2 is 1.55 bits per heavy atom. The maximum absolute atomic E-state index is 12.8. The molecule has 1 aromatic heterocycles. The van der Waals surface area contributed by atoms with Crippen molar-refractivity contribution in [3.05, 3.63) is 95.9 Å². The first-order valence-electron chi connectivity index (χ1n) is 13.7. The minimum Gasteiger partial charge on any atom is -0.341 e. The molecule has 0 aliphatic carbocycles. The van der Waals surface area contributed by atoms with Gasteiger partial charge in [0.05, 0.1) is 29.4 Å². The van der Waals surface area contributed by atoms with Gasteiger partial charge in [0.2, 0.25) is 0 Å². The van der Waals surface area contributed by atoms with Gasteiger partial charge in [0, 0.05) is 30.9 Å². The van der Waals surface area contributed by atoms with Gasteiger partial charge < -0.3 is 15.6 Å². The van der Waals surface area contributed by atoms with Crippen LogP contribution in [-0.4, -0.2) is 60.3 Å². The first kappa shape index (κ1) is 26.4. The summed E-state index contributed by atoms with van der Waals surface area (Å²) in [4.78, 5) is 23.0. The van der Waals surface area contributed by atoms with Crippen molar-refractivity contribution < 1.29 is 13.2 Å². The average molecular weight is 556 g/mol. The van der Waals surface area contributed by atoms with Crippen molar-refractivity contribution in [1.29, 1.82) is 0 Å². The van der Waals surface area contributed by atoms with Crippen molar-refractivity contribution in [3.63, 3.8) is 0 Å². The SMILES string of the molecule is O=C(Nc1ccc(CN2CCS(=O)(=O)CC2)cc1)c1ccc(-c2ccc(-c3cnc([C@H]4CCCN4)[nH]3)cc2)cc1. The normalized spacial score (nSPS) is 18.9. The molecule has 0 unspecified atom stereocenters. The van der Waals surface area contributed by atoms with Crippen LogP contribution in [0.3, 0.4) is 0 Å². The summed E-state index contributed by atoms with van der Waals surface area (Å²) in [5.41, 5.74) is 6.62. The second kappa shape index (κ2) is 11.4. The van der Waals surface area contributed by atoms with Gasteiger partial charge in [0.1, 0.15) is 5.82 Å². The Morgan fingerprint density at radius 1 is 0.900 bits per heavy atom. The summed E-state index contributed by atoms with van der Waals surface area (Å²) in [6.45, 7) is 2.86. The van der Waals surface area contributed by atoms with Gasteiger partial charge in [0.25, 0.3) is 5.91 Å². The van der Waals surface area contributed by atoms with Crippen LogP contribution >= 0.6 is 0 Å². The van der Waals surface area contributed by atoms with Crippen LogP contribution in [-0.2, 0) is 16.4 Å². The lowest BCUT2D eigenvalue weighted by Crippen LogP contribution is -2.39. The predicted molar refractivity (Wildman–Crippen MR) is 158 cm³/mol. The van der Waals surface area contributed by atoms with Crippen LogP contribution in [0.1, 0.15) is 40.6 Å². The standard InChI is InChI=1S/C31H33N5O3S/c37-31(34-27-13-3-22(4-14-27)21-36-16-18-40(38,39)19-17-36)26-11-7-24(8-12-26)23-5-9-25(10-6-23)29-20-33-30(35-29)28-2-1-15-32-28/h3-14,20,28,32H,1-2,15-19,21H2,(H,33,35)(H,34,37)/t28-/m1/s1. The zero-order valence-corrected chi connectivity index (χ0v) is 23.1. The minimum atomic E-state index is -2.88. The number of nitrogens with zero attached hydrogens (tertiary/aromatic N) is 2. The Labute approximate surface area is 234 Å². The van der Waals surface area contributed by atoms with Crippen molar-refractivity contribution in [2.24, 2.45) is 0 Å². The predicted octanol–water partition coefficient (Wildman–Crippen LogP) is 4.65. The summed E-state index contributed by atoms with van der Waals surface area (Å²) >= 11 is 0. The smallest absolute Gasteiger partial charge is 0.255 e. The summed E-state index contributed by atoms with van der Waals surface area (Å²) in [6.07, 6.45) is 4.19. The topological polar surface area (TPSA) is 107 Å². The highest BCUT2D eigenvalue weighted by molar-refractivity contribution is 7.91. The number of rotatable bonds is 7. The largest absolute Gasteiger partial charge is 0.341 e. The number of carbonyl (C=O) groups excluding carboxylic acids is 1. The number of aromatic amines is 1. The first-order chi connectivity index (χ1) is 19.4. The molecule has 0 bridgehead atoms. The van der Waals surface area contributed by atoms with Gasteiger partial charge in [-0.1, -0.05) is 48.5 Å². The number of carbonyl (C=O) groups is 1. The third kappa shape index (κ3) is 6.17. The quantitative estimate of drug-likeness (QED) is 0.307. The number of H-pyrrole nitrogens is 1. The molecule has 0 spiro atoms. The van der Waals surface area contributed by atoms with E-state index in [2.05, 4.69) is 49.8 Å². The molecule has 2 saturated heterocycles. The fourth-order valence-electron chi connectivity index (χ4n) is 5.30. The molecule has 2 fully saturated rings. The average Bonchev–Trinajstić information content (AvgIpc) is 3.68. The first-order valence-corrected chi connectivity index (χ1v) is 15.6. The molecule has 40 heavy (non-hydrogen) atoms. The molecule has 1 atom stereocenters. The molecule has 206 valence electrons. The number of sulfone groups is 1. The number of amides is 1. The Bertz CT molecular complexity index is 1560. The lowest BCUT2D eigenvalue weighted by atomic mass is 10.0. The summed E-state index contributed by atoms with van der Waals surface area (Å²) in [5.74, 6) is 1.27. The molecule has 2 aliphatic heterocycles. The number of benzene rings is 3.